The molecule has 2 heterocycles. The zero-order valence-corrected chi connectivity index (χ0v) is 8.31. The Morgan fingerprint density at radius 3 is 3.20 bits per heavy atom. The van der Waals surface area contributed by atoms with Crippen LogP contribution in [0.3, 0.4) is 0 Å². The van der Waals surface area contributed by atoms with Gasteiger partial charge < -0.3 is 0 Å². The number of carbonyl (C=O) groups is 1. The summed E-state index contributed by atoms with van der Waals surface area (Å²) in [6.45, 7) is 2.07. The Kier molecular flexibility index (Phi) is 2.64. The summed E-state index contributed by atoms with van der Waals surface area (Å²) < 4.78 is 13.3. The molecule has 1 atom stereocenters. The molecule has 0 spiro atoms. The second-order valence-corrected chi connectivity index (χ2v) is 3.44. The SMILES string of the molecule is Cc1ncc([C@@H]2CCON2C=O)cc1F. The fraction of sp³-hybridized carbons (Fsp3) is 0.400. The molecule has 1 fully saturated rings. The lowest BCUT2D eigenvalue weighted by molar-refractivity contribution is -0.161. The van der Waals surface area contributed by atoms with Crippen LogP contribution in [0.25, 0.3) is 0 Å². The van der Waals surface area contributed by atoms with Gasteiger partial charge in [-0.1, -0.05) is 0 Å². The van der Waals surface area contributed by atoms with Gasteiger partial charge in [-0.3, -0.25) is 14.6 Å². The van der Waals surface area contributed by atoms with Crippen molar-refractivity contribution in [3.63, 3.8) is 0 Å². The number of pyridine rings is 1. The van der Waals surface area contributed by atoms with Crippen molar-refractivity contribution in [1.82, 2.24) is 10.0 Å². The fourth-order valence-corrected chi connectivity index (χ4v) is 1.61. The lowest BCUT2D eigenvalue weighted by Crippen LogP contribution is -2.20. The monoisotopic (exact) mass is 210 g/mol. The summed E-state index contributed by atoms with van der Waals surface area (Å²) in [4.78, 5) is 19.6. The van der Waals surface area contributed by atoms with Crippen LogP contribution >= 0.6 is 0 Å². The quantitative estimate of drug-likeness (QED) is 0.692. The first-order valence-corrected chi connectivity index (χ1v) is 4.71. The molecular formula is C10H11FN2O2. The first-order chi connectivity index (χ1) is 7.22. The van der Waals surface area contributed by atoms with Crippen molar-refractivity contribution in [3.05, 3.63) is 29.3 Å². The smallest absolute Gasteiger partial charge is 0.233 e. The molecule has 0 aliphatic carbocycles. The number of carbonyl (C=O) groups excluding carboxylic acids is 1. The van der Waals surface area contributed by atoms with Crippen LogP contribution in [0.5, 0.6) is 0 Å². The Morgan fingerprint density at radius 1 is 1.73 bits per heavy atom. The number of aromatic nitrogens is 1. The minimum Gasteiger partial charge on any atom is -0.276 e. The van der Waals surface area contributed by atoms with Crippen molar-refractivity contribution in [2.45, 2.75) is 19.4 Å². The van der Waals surface area contributed by atoms with Gasteiger partial charge in [0.2, 0.25) is 6.41 Å². The Hall–Kier alpha value is -1.49. The second-order valence-electron chi connectivity index (χ2n) is 3.44. The van der Waals surface area contributed by atoms with Crippen molar-refractivity contribution >= 4 is 6.41 Å². The highest BCUT2D eigenvalue weighted by atomic mass is 19.1. The Morgan fingerprint density at radius 2 is 2.53 bits per heavy atom. The summed E-state index contributed by atoms with van der Waals surface area (Å²) in [5, 5.41) is 1.20. The normalized spacial score (nSPS) is 20.7. The Balaban J connectivity index is 2.28. The van der Waals surface area contributed by atoms with Crippen LogP contribution in [0.4, 0.5) is 4.39 Å². The zero-order chi connectivity index (χ0) is 10.8. The van der Waals surface area contributed by atoms with Crippen molar-refractivity contribution in [2.24, 2.45) is 0 Å². The summed E-state index contributed by atoms with van der Waals surface area (Å²) in [5.41, 5.74) is 1.03. The molecular weight excluding hydrogens is 199 g/mol. The van der Waals surface area contributed by atoms with Crippen LogP contribution in [-0.2, 0) is 9.63 Å². The van der Waals surface area contributed by atoms with E-state index in [1.165, 1.54) is 11.1 Å². The van der Waals surface area contributed by atoms with Gasteiger partial charge in [0.05, 0.1) is 18.3 Å². The van der Waals surface area contributed by atoms with E-state index < -0.39 is 0 Å². The highest BCUT2D eigenvalue weighted by Crippen LogP contribution is 2.28. The van der Waals surface area contributed by atoms with Gasteiger partial charge >= 0.3 is 0 Å². The van der Waals surface area contributed by atoms with E-state index in [4.69, 9.17) is 4.84 Å². The lowest BCUT2D eigenvalue weighted by Gasteiger charge is -2.17. The first-order valence-electron chi connectivity index (χ1n) is 4.71. The third-order valence-electron chi connectivity index (χ3n) is 2.47. The van der Waals surface area contributed by atoms with Gasteiger partial charge in [-0.15, -0.1) is 0 Å². The summed E-state index contributed by atoms with van der Waals surface area (Å²) in [6.07, 6.45) is 2.85. The molecule has 5 heteroatoms. The molecule has 1 aromatic heterocycles. The van der Waals surface area contributed by atoms with E-state index in [-0.39, 0.29) is 11.9 Å². The van der Waals surface area contributed by atoms with Gasteiger partial charge in [-0.05, 0) is 18.6 Å². The number of halogens is 1. The van der Waals surface area contributed by atoms with E-state index in [0.717, 1.165) is 0 Å². The van der Waals surface area contributed by atoms with E-state index in [0.29, 0.717) is 30.7 Å². The average Bonchev–Trinajstić information content (AvgIpc) is 2.70. The molecule has 1 amide bonds. The number of nitrogens with zero attached hydrogens (tertiary/aromatic N) is 2. The number of aryl methyl sites for hydroxylation is 1. The summed E-state index contributed by atoms with van der Waals surface area (Å²) in [7, 11) is 0. The molecule has 0 N–H and O–H groups in total. The zero-order valence-electron chi connectivity index (χ0n) is 8.31. The van der Waals surface area contributed by atoms with Gasteiger partial charge in [0, 0.05) is 12.6 Å². The maximum atomic E-state index is 13.3. The molecule has 0 aromatic carbocycles. The largest absolute Gasteiger partial charge is 0.276 e. The molecule has 15 heavy (non-hydrogen) atoms. The third-order valence-corrected chi connectivity index (χ3v) is 2.47. The molecule has 80 valence electrons. The molecule has 0 unspecified atom stereocenters. The number of amides is 1. The van der Waals surface area contributed by atoms with Crippen LogP contribution in [0, 0.1) is 12.7 Å². The summed E-state index contributed by atoms with van der Waals surface area (Å²) >= 11 is 0. The van der Waals surface area contributed by atoms with Crippen molar-refractivity contribution in [1.29, 1.82) is 0 Å². The van der Waals surface area contributed by atoms with E-state index in [1.54, 1.807) is 13.1 Å². The van der Waals surface area contributed by atoms with Gasteiger partial charge in [-0.2, -0.15) is 0 Å². The van der Waals surface area contributed by atoms with Crippen LogP contribution in [-0.4, -0.2) is 23.1 Å². The third kappa shape index (κ3) is 1.83. The standard InChI is InChI=1S/C10H11FN2O2/c1-7-9(11)4-8(5-12-7)10-2-3-15-13(10)6-14/h4-6,10H,2-3H2,1H3/t10-/m0/s1. The van der Waals surface area contributed by atoms with Gasteiger partial charge in [0.25, 0.3) is 0 Å². The van der Waals surface area contributed by atoms with Crippen molar-refractivity contribution in [3.8, 4) is 0 Å². The summed E-state index contributed by atoms with van der Waals surface area (Å²) in [5.74, 6) is -0.356. The number of rotatable bonds is 2. The van der Waals surface area contributed by atoms with Gasteiger partial charge in [0.1, 0.15) is 5.82 Å². The number of hydrogen-bond acceptors (Lipinski definition) is 3. The maximum absolute atomic E-state index is 13.3. The van der Waals surface area contributed by atoms with Gasteiger partial charge in [0.15, 0.2) is 0 Å². The Labute approximate surface area is 86.6 Å². The molecule has 0 saturated carbocycles. The lowest BCUT2D eigenvalue weighted by atomic mass is 10.1. The highest BCUT2D eigenvalue weighted by molar-refractivity contribution is 5.47. The van der Waals surface area contributed by atoms with Crippen LogP contribution in [0.15, 0.2) is 12.3 Å². The molecule has 1 aliphatic heterocycles. The van der Waals surface area contributed by atoms with E-state index in [1.807, 2.05) is 0 Å². The second kappa shape index (κ2) is 3.94. The van der Waals surface area contributed by atoms with Gasteiger partial charge in [-0.25, -0.2) is 9.45 Å². The number of hydrogen-bond donors (Lipinski definition) is 0. The predicted octanol–water partition coefficient (Wildman–Crippen LogP) is 1.36. The Bertz CT molecular complexity index is 384. The molecule has 2 rings (SSSR count). The molecule has 1 aliphatic rings. The molecule has 1 aromatic rings. The van der Waals surface area contributed by atoms with Crippen molar-refractivity contribution < 1.29 is 14.0 Å². The predicted molar refractivity (Wildman–Crippen MR) is 50.1 cm³/mol. The van der Waals surface area contributed by atoms with Crippen LogP contribution in [0.2, 0.25) is 0 Å². The van der Waals surface area contributed by atoms with E-state index >= 15 is 0 Å². The highest BCUT2D eigenvalue weighted by Gasteiger charge is 2.26. The summed E-state index contributed by atoms with van der Waals surface area (Å²) in [6, 6.07) is 1.18. The molecule has 0 bridgehead atoms. The molecule has 0 radical (unpaired) electrons. The maximum Gasteiger partial charge on any atom is 0.233 e. The molecule has 4 nitrogen and oxygen atoms in total. The van der Waals surface area contributed by atoms with Crippen LogP contribution < -0.4 is 0 Å². The average molecular weight is 210 g/mol. The minimum atomic E-state index is -0.356. The van der Waals surface area contributed by atoms with Crippen molar-refractivity contribution in [2.75, 3.05) is 6.61 Å². The minimum absolute atomic E-state index is 0.218. The van der Waals surface area contributed by atoms with Crippen LogP contribution in [0.1, 0.15) is 23.7 Å². The first kappa shape index (κ1) is 10.0. The fourth-order valence-electron chi connectivity index (χ4n) is 1.61. The molecule has 1 saturated heterocycles. The number of hydroxylamine groups is 2. The van der Waals surface area contributed by atoms with E-state index in [9.17, 15) is 9.18 Å². The van der Waals surface area contributed by atoms with E-state index in [2.05, 4.69) is 4.98 Å². The topological polar surface area (TPSA) is 42.4 Å².